The van der Waals surface area contributed by atoms with E-state index in [4.69, 9.17) is 0 Å². The first-order valence-corrected chi connectivity index (χ1v) is 8.90. The molecule has 0 aliphatic heterocycles. The van der Waals surface area contributed by atoms with E-state index in [9.17, 15) is 14.4 Å². The number of thioether (sulfide) groups is 1. The highest BCUT2D eigenvalue weighted by atomic mass is 32.2. The SMILES string of the molecule is CNC(=O)NC(=O)C(C)Sc1nc2ccccc2c(=O)n1CC(C)C. The molecule has 2 N–H and O–H groups in total. The van der Waals surface area contributed by atoms with E-state index in [2.05, 4.69) is 15.6 Å². The molecule has 1 unspecified atom stereocenters. The van der Waals surface area contributed by atoms with Crippen molar-refractivity contribution in [2.45, 2.75) is 37.7 Å². The Hall–Kier alpha value is -2.35. The van der Waals surface area contributed by atoms with Gasteiger partial charge in [-0.3, -0.25) is 19.5 Å². The molecule has 1 atom stereocenters. The van der Waals surface area contributed by atoms with Gasteiger partial charge in [0.05, 0.1) is 16.2 Å². The van der Waals surface area contributed by atoms with Crippen molar-refractivity contribution in [1.29, 1.82) is 0 Å². The molecule has 0 fully saturated rings. The van der Waals surface area contributed by atoms with Crippen molar-refractivity contribution in [3.05, 3.63) is 34.6 Å². The van der Waals surface area contributed by atoms with Crippen LogP contribution < -0.4 is 16.2 Å². The largest absolute Gasteiger partial charge is 0.341 e. The van der Waals surface area contributed by atoms with Crippen LogP contribution in [0.5, 0.6) is 0 Å². The van der Waals surface area contributed by atoms with Crippen molar-refractivity contribution in [2.24, 2.45) is 5.92 Å². The van der Waals surface area contributed by atoms with Gasteiger partial charge in [-0.2, -0.15) is 0 Å². The Kier molecular flexibility index (Phi) is 6.19. The fourth-order valence-corrected chi connectivity index (χ4v) is 3.17. The second-order valence-corrected chi connectivity index (χ2v) is 7.36. The molecule has 2 aromatic rings. The maximum atomic E-state index is 12.8. The van der Waals surface area contributed by atoms with Crippen LogP contribution in [0.15, 0.2) is 34.2 Å². The van der Waals surface area contributed by atoms with Crippen LogP contribution in [0.4, 0.5) is 4.79 Å². The number of benzene rings is 1. The van der Waals surface area contributed by atoms with E-state index >= 15 is 0 Å². The third-order valence-electron chi connectivity index (χ3n) is 3.49. The average Bonchev–Trinajstić information content (AvgIpc) is 2.57. The maximum absolute atomic E-state index is 12.8. The number of para-hydroxylation sites is 1. The van der Waals surface area contributed by atoms with Crippen LogP contribution in [0.25, 0.3) is 10.9 Å². The summed E-state index contributed by atoms with van der Waals surface area (Å²) in [5.41, 5.74) is 0.467. The van der Waals surface area contributed by atoms with Gasteiger partial charge in [0.1, 0.15) is 0 Å². The number of rotatable bonds is 5. The van der Waals surface area contributed by atoms with Gasteiger partial charge in [-0.15, -0.1) is 0 Å². The number of aromatic nitrogens is 2. The predicted molar refractivity (Wildman–Crippen MR) is 98.8 cm³/mol. The summed E-state index contributed by atoms with van der Waals surface area (Å²) in [7, 11) is 1.44. The highest BCUT2D eigenvalue weighted by Crippen LogP contribution is 2.23. The summed E-state index contributed by atoms with van der Waals surface area (Å²) in [5, 5.41) is 5.01. The molecule has 1 aromatic carbocycles. The second-order valence-electron chi connectivity index (χ2n) is 6.05. The van der Waals surface area contributed by atoms with Crippen molar-refractivity contribution in [1.82, 2.24) is 20.2 Å². The van der Waals surface area contributed by atoms with Gasteiger partial charge in [-0.05, 0) is 25.0 Å². The van der Waals surface area contributed by atoms with Crippen LogP contribution in [-0.4, -0.2) is 33.8 Å². The van der Waals surface area contributed by atoms with Gasteiger partial charge in [-0.1, -0.05) is 37.7 Å². The second kappa shape index (κ2) is 8.15. The fourth-order valence-electron chi connectivity index (χ4n) is 2.25. The zero-order chi connectivity index (χ0) is 18.6. The quantitative estimate of drug-likeness (QED) is 0.627. The van der Waals surface area contributed by atoms with Gasteiger partial charge in [-0.25, -0.2) is 9.78 Å². The van der Waals surface area contributed by atoms with Gasteiger partial charge in [0.2, 0.25) is 5.91 Å². The lowest BCUT2D eigenvalue weighted by atomic mass is 10.2. The number of hydrogen-bond acceptors (Lipinski definition) is 5. The Morgan fingerprint density at radius 2 is 1.92 bits per heavy atom. The van der Waals surface area contributed by atoms with Gasteiger partial charge in [0.15, 0.2) is 5.16 Å². The minimum absolute atomic E-state index is 0.124. The smallest absolute Gasteiger partial charge is 0.321 e. The first-order valence-electron chi connectivity index (χ1n) is 8.02. The van der Waals surface area contributed by atoms with Crippen LogP contribution in [-0.2, 0) is 11.3 Å². The van der Waals surface area contributed by atoms with Crippen molar-refractivity contribution < 1.29 is 9.59 Å². The van der Waals surface area contributed by atoms with Crippen LogP contribution >= 0.6 is 11.8 Å². The molecular weight excluding hydrogens is 340 g/mol. The summed E-state index contributed by atoms with van der Waals surface area (Å²) in [6.45, 7) is 6.20. The summed E-state index contributed by atoms with van der Waals surface area (Å²) in [5.74, 6) is -0.196. The number of imide groups is 1. The average molecular weight is 362 g/mol. The summed E-state index contributed by atoms with van der Waals surface area (Å²) in [4.78, 5) is 40.7. The van der Waals surface area contributed by atoms with Crippen molar-refractivity contribution in [3.8, 4) is 0 Å². The van der Waals surface area contributed by atoms with Gasteiger partial charge < -0.3 is 5.32 Å². The van der Waals surface area contributed by atoms with Crippen LogP contribution in [0, 0.1) is 5.92 Å². The topological polar surface area (TPSA) is 93.1 Å². The number of carbonyl (C=O) groups is 2. The van der Waals surface area contributed by atoms with E-state index in [0.717, 1.165) is 11.8 Å². The minimum Gasteiger partial charge on any atom is -0.341 e. The fraction of sp³-hybridized carbons (Fsp3) is 0.412. The third-order valence-corrected chi connectivity index (χ3v) is 4.58. The zero-order valence-corrected chi connectivity index (χ0v) is 15.5. The number of amides is 3. The van der Waals surface area contributed by atoms with E-state index in [1.165, 1.54) is 7.05 Å². The highest BCUT2D eigenvalue weighted by Gasteiger charge is 2.21. The predicted octanol–water partition coefficient (Wildman–Crippen LogP) is 1.99. The molecule has 0 aliphatic carbocycles. The molecule has 3 amide bonds. The normalized spacial score (nSPS) is 12.2. The number of fused-ring (bicyclic) bond motifs is 1. The van der Waals surface area contributed by atoms with E-state index in [0.29, 0.717) is 22.6 Å². The molecule has 0 saturated heterocycles. The van der Waals surface area contributed by atoms with E-state index in [-0.39, 0.29) is 11.5 Å². The van der Waals surface area contributed by atoms with Crippen LogP contribution in [0.2, 0.25) is 0 Å². The monoisotopic (exact) mass is 362 g/mol. The molecule has 0 bridgehead atoms. The van der Waals surface area contributed by atoms with Gasteiger partial charge in [0.25, 0.3) is 5.56 Å². The molecule has 0 saturated carbocycles. The molecule has 1 aromatic heterocycles. The summed E-state index contributed by atoms with van der Waals surface area (Å²) in [6, 6.07) is 6.58. The van der Waals surface area contributed by atoms with Crippen LogP contribution in [0.3, 0.4) is 0 Å². The Morgan fingerprint density at radius 3 is 2.56 bits per heavy atom. The Morgan fingerprint density at radius 1 is 1.24 bits per heavy atom. The van der Waals surface area contributed by atoms with Crippen molar-refractivity contribution >= 4 is 34.6 Å². The summed E-state index contributed by atoms with van der Waals surface area (Å²) in [6.07, 6.45) is 0. The highest BCUT2D eigenvalue weighted by molar-refractivity contribution is 8.00. The minimum atomic E-state index is -0.580. The third kappa shape index (κ3) is 4.60. The molecule has 25 heavy (non-hydrogen) atoms. The Balaban J connectivity index is 2.40. The van der Waals surface area contributed by atoms with Crippen LogP contribution in [0.1, 0.15) is 20.8 Å². The maximum Gasteiger partial charge on any atom is 0.321 e. The number of hydrogen-bond donors (Lipinski definition) is 2. The first-order chi connectivity index (χ1) is 11.8. The number of carbonyl (C=O) groups excluding carboxylic acids is 2. The van der Waals surface area contributed by atoms with E-state index in [1.807, 2.05) is 19.9 Å². The molecule has 2 rings (SSSR count). The van der Waals surface area contributed by atoms with E-state index < -0.39 is 17.2 Å². The Labute approximate surface area is 150 Å². The summed E-state index contributed by atoms with van der Waals surface area (Å²) >= 11 is 1.16. The molecule has 0 spiro atoms. The number of nitrogens with one attached hydrogen (secondary N) is 2. The Bertz CT molecular complexity index is 847. The lowest BCUT2D eigenvalue weighted by molar-refractivity contribution is -0.119. The lowest BCUT2D eigenvalue weighted by Crippen LogP contribution is -2.41. The summed E-state index contributed by atoms with van der Waals surface area (Å²) < 4.78 is 1.60. The van der Waals surface area contributed by atoms with Crippen molar-refractivity contribution in [3.63, 3.8) is 0 Å². The van der Waals surface area contributed by atoms with Gasteiger partial charge >= 0.3 is 6.03 Å². The number of urea groups is 1. The molecule has 0 aliphatic rings. The lowest BCUT2D eigenvalue weighted by Gasteiger charge is -2.17. The molecule has 134 valence electrons. The molecule has 8 heteroatoms. The number of nitrogens with zero attached hydrogens (tertiary/aromatic N) is 2. The van der Waals surface area contributed by atoms with Crippen molar-refractivity contribution in [2.75, 3.05) is 7.05 Å². The zero-order valence-electron chi connectivity index (χ0n) is 14.7. The first kappa shape index (κ1) is 19.0. The molecule has 0 radical (unpaired) electrons. The van der Waals surface area contributed by atoms with E-state index in [1.54, 1.807) is 29.7 Å². The van der Waals surface area contributed by atoms with Gasteiger partial charge in [0, 0.05) is 13.6 Å². The molecule has 1 heterocycles. The standard InChI is InChI=1S/C17H22N4O3S/c1-10(2)9-21-15(23)12-7-5-6-8-13(12)19-17(21)25-11(3)14(22)20-16(24)18-4/h5-8,10-11H,9H2,1-4H3,(H2,18,20,22,24). The molecular formula is C17H22N4O3S. The molecule has 7 nitrogen and oxygen atoms in total.